The van der Waals surface area contributed by atoms with Crippen molar-refractivity contribution in [2.75, 3.05) is 6.54 Å². The predicted molar refractivity (Wildman–Crippen MR) is 80.4 cm³/mol. The molecule has 0 aliphatic rings. The molecule has 0 aliphatic carbocycles. The highest BCUT2D eigenvalue weighted by molar-refractivity contribution is 5.97. The van der Waals surface area contributed by atoms with Crippen molar-refractivity contribution in [3.63, 3.8) is 0 Å². The van der Waals surface area contributed by atoms with Gasteiger partial charge in [-0.05, 0) is 44.0 Å². The van der Waals surface area contributed by atoms with Gasteiger partial charge < -0.3 is 10.1 Å². The molecule has 20 heavy (non-hydrogen) atoms. The molecule has 2 aromatic rings. The van der Waals surface area contributed by atoms with Crippen molar-refractivity contribution in [1.29, 1.82) is 0 Å². The van der Waals surface area contributed by atoms with Crippen LogP contribution in [0.5, 0.6) is 11.5 Å². The molecule has 2 rings (SSSR count). The van der Waals surface area contributed by atoms with Crippen LogP contribution in [0, 0.1) is 13.8 Å². The monoisotopic (exact) mass is 269 g/mol. The summed E-state index contributed by atoms with van der Waals surface area (Å²) in [6.45, 7) is 6.48. The Kier molecular flexibility index (Phi) is 4.41. The van der Waals surface area contributed by atoms with Crippen molar-refractivity contribution in [3.05, 3.63) is 59.2 Å². The fourth-order valence-corrected chi connectivity index (χ4v) is 2.07. The number of carbonyl (C=O) groups excluding carboxylic acids is 1. The van der Waals surface area contributed by atoms with Crippen molar-refractivity contribution in [2.45, 2.75) is 20.8 Å². The van der Waals surface area contributed by atoms with Crippen LogP contribution in [0.25, 0.3) is 0 Å². The second-order valence-electron chi connectivity index (χ2n) is 4.68. The Hall–Kier alpha value is -2.29. The zero-order valence-corrected chi connectivity index (χ0v) is 12.1. The van der Waals surface area contributed by atoms with E-state index >= 15 is 0 Å². The lowest BCUT2D eigenvalue weighted by atomic mass is 10.1. The molecule has 0 bridgehead atoms. The molecule has 3 nitrogen and oxygen atoms in total. The topological polar surface area (TPSA) is 38.3 Å². The van der Waals surface area contributed by atoms with Crippen LogP contribution >= 0.6 is 0 Å². The molecular weight excluding hydrogens is 250 g/mol. The van der Waals surface area contributed by atoms with Crippen molar-refractivity contribution in [3.8, 4) is 11.5 Å². The van der Waals surface area contributed by atoms with Crippen molar-refractivity contribution < 1.29 is 9.53 Å². The highest BCUT2D eigenvalue weighted by Gasteiger charge is 2.13. The number of ether oxygens (including phenoxy) is 1. The molecule has 3 heteroatoms. The number of para-hydroxylation sites is 2. The lowest BCUT2D eigenvalue weighted by Gasteiger charge is -2.14. The number of carbonyl (C=O) groups is 1. The van der Waals surface area contributed by atoms with Gasteiger partial charge in [-0.1, -0.05) is 30.3 Å². The first-order valence-electron chi connectivity index (χ1n) is 6.74. The maximum Gasteiger partial charge on any atom is 0.255 e. The van der Waals surface area contributed by atoms with Crippen LogP contribution in [-0.4, -0.2) is 12.5 Å². The smallest absolute Gasteiger partial charge is 0.255 e. The Morgan fingerprint density at radius 1 is 1.05 bits per heavy atom. The van der Waals surface area contributed by atoms with Crippen LogP contribution < -0.4 is 10.1 Å². The Morgan fingerprint density at radius 2 is 1.70 bits per heavy atom. The number of benzene rings is 2. The zero-order chi connectivity index (χ0) is 14.5. The van der Waals surface area contributed by atoms with E-state index in [4.69, 9.17) is 4.74 Å². The van der Waals surface area contributed by atoms with Crippen molar-refractivity contribution in [2.24, 2.45) is 0 Å². The molecule has 0 saturated carbocycles. The quantitative estimate of drug-likeness (QED) is 0.915. The largest absolute Gasteiger partial charge is 0.456 e. The third kappa shape index (κ3) is 2.99. The number of nitrogens with one attached hydrogen (secondary N) is 1. The van der Waals surface area contributed by atoms with Gasteiger partial charge in [-0.2, -0.15) is 0 Å². The van der Waals surface area contributed by atoms with Gasteiger partial charge in [0.15, 0.2) is 0 Å². The number of rotatable bonds is 4. The van der Waals surface area contributed by atoms with Crippen LogP contribution in [0.15, 0.2) is 42.5 Å². The number of aryl methyl sites for hydroxylation is 2. The van der Waals surface area contributed by atoms with Crippen LogP contribution in [0.2, 0.25) is 0 Å². The number of amides is 1. The molecule has 0 spiro atoms. The molecular formula is C17H19NO2. The maximum absolute atomic E-state index is 12.0. The summed E-state index contributed by atoms with van der Waals surface area (Å²) in [6, 6.07) is 13.3. The molecule has 2 aromatic carbocycles. The molecule has 0 aliphatic heterocycles. The third-order valence-corrected chi connectivity index (χ3v) is 3.09. The summed E-state index contributed by atoms with van der Waals surface area (Å²) in [6.07, 6.45) is 0. The number of hydrogen-bond acceptors (Lipinski definition) is 2. The summed E-state index contributed by atoms with van der Waals surface area (Å²) >= 11 is 0. The molecule has 0 heterocycles. The van der Waals surface area contributed by atoms with E-state index in [1.165, 1.54) is 0 Å². The summed E-state index contributed by atoms with van der Waals surface area (Å²) in [7, 11) is 0. The Balaban J connectivity index is 2.37. The van der Waals surface area contributed by atoms with Crippen LogP contribution in [0.1, 0.15) is 28.4 Å². The van der Waals surface area contributed by atoms with Gasteiger partial charge in [-0.3, -0.25) is 4.79 Å². The molecule has 0 atom stereocenters. The lowest BCUT2D eigenvalue weighted by molar-refractivity contribution is 0.0953. The molecule has 0 radical (unpaired) electrons. The standard InChI is InChI=1S/C17H19NO2/c1-4-18-17(19)14-10-5-6-11-15(14)20-16-12(2)8-7-9-13(16)3/h5-11H,4H2,1-3H3,(H,18,19). The van der Waals surface area contributed by atoms with Gasteiger partial charge >= 0.3 is 0 Å². The van der Waals surface area contributed by atoms with E-state index in [-0.39, 0.29) is 5.91 Å². The van der Waals surface area contributed by atoms with E-state index in [1.54, 1.807) is 6.07 Å². The minimum atomic E-state index is -0.116. The maximum atomic E-state index is 12.0. The SMILES string of the molecule is CCNC(=O)c1ccccc1Oc1c(C)cccc1C. The van der Waals surface area contributed by atoms with Gasteiger partial charge in [-0.15, -0.1) is 0 Å². The van der Waals surface area contributed by atoms with E-state index in [0.29, 0.717) is 17.9 Å². The molecule has 0 fully saturated rings. The van der Waals surface area contributed by atoms with Gasteiger partial charge in [0, 0.05) is 6.54 Å². The van der Waals surface area contributed by atoms with E-state index in [1.807, 2.05) is 57.2 Å². The highest BCUT2D eigenvalue weighted by Crippen LogP contribution is 2.30. The first-order valence-corrected chi connectivity index (χ1v) is 6.74. The first kappa shape index (κ1) is 14.1. The van der Waals surface area contributed by atoms with Gasteiger partial charge in [0.1, 0.15) is 11.5 Å². The van der Waals surface area contributed by atoms with E-state index in [0.717, 1.165) is 16.9 Å². The average molecular weight is 269 g/mol. The van der Waals surface area contributed by atoms with Crippen LogP contribution in [0.3, 0.4) is 0 Å². The Labute approximate surface area is 119 Å². The predicted octanol–water partition coefficient (Wildman–Crippen LogP) is 3.85. The highest BCUT2D eigenvalue weighted by atomic mass is 16.5. The second-order valence-corrected chi connectivity index (χ2v) is 4.68. The van der Waals surface area contributed by atoms with Gasteiger partial charge in [0.2, 0.25) is 0 Å². The fourth-order valence-electron chi connectivity index (χ4n) is 2.07. The van der Waals surface area contributed by atoms with E-state index in [2.05, 4.69) is 5.32 Å². The summed E-state index contributed by atoms with van der Waals surface area (Å²) in [5.41, 5.74) is 2.66. The van der Waals surface area contributed by atoms with Crippen molar-refractivity contribution >= 4 is 5.91 Å². The second kappa shape index (κ2) is 6.24. The summed E-state index contributed by atoms with van der Waals surface area (Å²) in [5, 5.41) is 2.80. The van der Waals surface area contributed by atoms with Gasteiger partial charge in [0.05, 0.1) is 5.56 Å². The zero-order valence-electron chi connectivity index (χ0n) is 12.1. The molecule has 0 unspecified atom stereocenters. The Morgan fingerprint density at radius 3 is 2.35 bits per heavy atom. The molecule has 0 aromatic heterocycles. The lowest BCUT2D eigenvalue weighted by Crippen LogP contribution is -2.23. The van der Waals surface area contributed by atoms with Crippen LogP contribution in [-0.2, 0) is 0 Å². The fraction of sp³-hybridized carbons (Fsp3) is 0.235. The molecule has 1 N–H and O–H groups in total. The molecule has 104 valence electrons. The minimum Gasteiger partial charge on any atom is -0.456 e. The molecule has 0 saturated heterocycles. The Bertz CT molecular complexity index is 600. The number of hydrogen-bond donors (Lipinski definition) is 1. The van der Waals surface area contributed by atoms with Crippen LogP contribution in [0.4, 0.5) is 0 Å². The van der Waals surface area contributed by atoms with E-state index < -0.39 is 0 Å². The first-order chi connectivity index (χ1) is 9.63. The average Bonchev–Trinajstić information content (AvgIpc) is 2.44. The third-order valence-electron chi connectivity index (χ3n) is 3.09. The van der Waals surface area contributed by atoms with Crippen molar-refractivity contribution in [1.82, 2.24) is 5.32 Å². The van der Waals surface area contributed by atoms with Gasteiger partial charge in [0.25, 0.3) is 5.91 Å². The summed E-state index contributed by atoms with van der Waals surface area (Å²) in [4.78, 5) is 12.0. The molecule has 1 amide bonds. The summed E-state index contributed by atoms with van der Waals surface area (Å²) < 4.78 is 5.98. The minimum absolute atomic E-state index is 0.116. The normalized spacial score (nSPS) is 10.2. The van der Waals surface area contributed by atoms with E-state index in [9.17, 15) is 4.79 Å². The summed E-state index contributed by atoms with van der Waals surface area (Å²) in [5.74, 6) is 1.27. The van der Waals surface area contributed by atoms with Gasteiger partial charge in [-0.25, -0.2) is 0 Å².